The first-order chi connectivity index (χ1) is 29.4. The van der Waals surface area contributed by atoms with Crippen molar-refractivity contribution in [1.29, 1.82) is 0 Å². The van der Waals surface area contributed by atoms with Crippen LogP contribution in [-0.4, -0.2) is 66.3 Å². The number of hydrazone groups is 3. The van der Waals surface area contributed by atoms with Crippen LogP contribution in [0.1, 0.15) is 47.8 Å². The van der Waals surface area contributed by atoms with Crippen molar-refractivity contribution in [3.8, 4) is 35.3 Å². The molecule has 3 aromatic carbocycles. The van der Waals surface area contributed by atoms with Crippen LogP contribution in [0.25, 0.3) is 0 Å². The van der Waals surface area contributed by atoms with Crippen molar-refractivity contribution in [2.24, 2.45) is 15.3 Å². The van der Waals surface area contributed by atoms with Gasteiger partial charge in [0, 0.05) is 53.9 Å². The van der Waals surface area contributed by atoms with Gasteiger partial charge in [-0.05, 0) is 126 Å². The molecule has 18 nitrogen and oxygen atoms in total. The predicted molar refractivity (Wildman–Crippen MR) is 217 cm³/mol. The van der Waals surface area contributed by atoms with Gasteiger partial charge < -0.3 is 14.2 Å². The largest absolute Gasteiger partial charge is 0.424 e. The third-order valence-electron chi connectivity index (χ3n) is 7.81. The van der Waals surface area contributed by atoms with Crippen LogP contribution in [0.5, 0.6) is 35.3 Å². The van der Waals surface area contributed by atoms with E-state index in [1.54, 1.807) is 109 Å². The monoisotopic (exact) mass is 798 g/mol. The molecule has 4 aromatic heterocycles. The molecular weight excluding hydrogens is 769 g/mol. The predicted octanol–water partition coefficient (Wildman–Crippen LogP) is 5.73. The van der Waals surface area contributed by atoms with Gasteiger partial charge in [0.1, 0.15) is 17.2 Å². The minimum absolute atomic E-state index is 0.136. The molecule has 7 aromatic rings. The number of rotatable bonds is 15. The van der Waals surface area contributed by atoms with E-state index in [4.69, 9.17) is 14.2 Å². The van der Waals surface area contributed by atoms with Crippen molar-refractivity contribution < 1.29 is 28.6 Å². The van der Waals surface area contributed by atoms with Gasteiger partial charge in [0.15, 0.2) is 0 Å². The minimum atomic E-state index is -0.375. The second-order valence-electron chi connectivity index (χ2n) is 12.0. The van der Waals surface area contributed by atoms with Gasteiger partial charge >= 0.3 is 18.0 Å². The Kier molecular flexibility index (Phi) is 12.9. The quantitative estimate of drug-likeness (QED) is 0.0835. The summed E-state index contributed by atoms with van der Waals surface area (Å²) in [6, 6.07) is 29.4. The molecule has 3 N–H and O–H groups in total. The fraction of sp³-hybridized carbons (Fsp3) is 0. The molecule has 7 rings (SSSR count). The van der Waals surface area contributed by atoms with Crippen molar-refractivity contribution in [3.63, 3.8) is 0 Å². The maximum atomic E-state index is 12.3. The minimum Gasteiger partial charge on any atom is -0.424 e. The van der Waals surface area contributed by atoms with Crippen molar-refractivity contribution in [3.05, 3.63) is 180 Å². The van der Waals surface area contributed by atoms with E-state index in [2.05, 4.69) is 61.5 Å². The van der Waals surface area contributed by atoms with E-state index in [0.717, 1.165) is 0 Å². The van der Waals surface area contributed by atoms with Crippen LogP contribution in [0.15, 0.2) is 162 Å². The zero-order valence-electron chi connectivity index (χ0n) is 31.1. The van der Waals surface area contributed by atoms with E-state index in [0.29, 0.717) is 50.6 Å². The summed E-state index contributed by atoms with van der Waals surface area (Å²) in [6.45, 7) is 0. The number of hydrogen-bond acceptors (Lipinski definition) is 15. The summed E-state index contributed by atoms with van der Waals surface area (Å²) in [5, 5.41) is 12.0. The maximum Gasteiger partial charge on any atom is 0.331 e. The second-order valence-corrected chi connectivity index (χ2v) is 12.0. The molecule has 0 fully saturated rings. The van der Waals surface area contributed by atoms with Gasteiger partial charge in [-0.15, -0.1) is 15.0 Å². The zero-order chi connectivity index (χ0) is 41.4. The number of pyridine rings is 3. The number of aromatic nitrogens is 6. The molecule has 0 aliphatic heterocycles. The third-order valence-corrected chi connectivity index (χ3v) is 7.81. The molecule has 0 atom stereocenters. The molecule has 0 saturated carbocycles. The molecule has 60 heavy (non-hydrogen) atoms. The standard InChI is InChI=1S/C42H30N12O6/c55-37(31-13-19-43-20-14-31)52-46-25-28-1-7-34(8-2-28)58-40-49-41(59-35-9-3-29(4-10-35)26-47-53-38(56)32-15-21-44-22-16-32)51-42(50-40)60-36-11-5-30(6-12-36)27-48-54-39(57)33-17-23-45-24-18-33/h1-27H,(H,52,55)(H,53,56)(H,54,57)/b46-25+,47-26+,48-27+. The highest BCUT2D eigenvalue weighted by molar-refractivity contribution is 5.96. The van der Waals surface area contributed by atoms with Gasteiger partial charge in [0.05, 0.1) is 18.6 Å². The first kappa shape index (κ1) is 39.2. The molecule has 294 valence electrons. The van der Waals surface area contributed by atoms with Gasteiger partial charge in [-0.3, -0.25) is 29.3 Å². The van der Waals surface area contributed by atoms with E-state index in [-0.39, 0.29) is 35.8 Å². The van der Waals surface area contributed by atoms with Crippen molar-refractivity contribution in [2.45, 2.75) is 0 Å². The lowest BCUT2D eigenvalue weighted by molar-refractivity contribution is 0.0947. The highest BCUT2D eigenvalue weighted by atomic mass is 16.5. The lowest BCUT2D eigenvalue weighted by Gasteiger charge is -2.10. The Morgan fingerprint density at radius 1 is 0.383 bits per heavy atom. The van der Waals surface area contributed by atoms with Crippen LogP contribution in [0.4, 0.5) is 0 Å². The van der Waals surface area contributed by atoms with Gasteiger partial charge in [0.25, 0.3) is 17.7 Å². The Balaban J connectivity index is 1.03. The zero-order valence-corrected chi connectivity index (χ0v) is 31.1. The van der Waals surface area contributed by atoms with E-state index in [1.807, 2.05) is 0 Å². The molecular formula is C42H30N12O6. The number of hydrogen-bond donors (Lipinski definition) is 3. The summed E-state index contributed by atoms with van der Waals surface area (Å²) in [7, 11) is 0. The van der Waals surface area contributed by atoms with Crippen LogP contribution in [0, 0.1) is 0 Å². The number of nitrogens with one attached hydrogen (secondary N) is 3. The molecule has 0 saturated heterocycles. The summed E-state index contributed by atoms with van der Waals surface area (Å²) in [5.41, 5.74) is 10.7. The fourth-order valence-electron chi connectivity index (χ4n) is 4.84. The number of nitrogens with zero attached hydrogens (tertiary/aromatic N) is 9. The lowest BCUT2D eigenvalue weighted by atomic mass is 10.2. The summed E-state index contributed by atoms with van der Waals surface area (Å²) < 4.78 is 17.9. The molecule has 4 heterocycles. The van der Waals surface area contributed by atoms with Gasteiger partial charge in [-0.1, -0.05) is 0 Å². The van der Waals surface area contributed by atoms with Crippen LogP contribution in [-0.2, 0) is 0 Å². The Morgan fingerprint density at radius 2 is 0.633 bits per heavy atom. The summed E-state index contributed by atoms with van der Waals surface area (Å²) in [4.78, 5) is 61.5. The van der Waals surface area contributed by atoms with Gasteiger partial charge in [0.2, 0.25) is 0 Å². The molecule has 0 aliphatic rings. The number of carbonyl (C=O) groups is 3. The first-order valence-electron chi connectivity index (χ1n) is 17.7. The average molecular weight is 799 g/mol. The Labute approximate surface area is 340 Å². The number of carbonyl (C=O) groups excluding carboxylic acids is 3. The lowest BCUT2D eigenvalue weighted by Crippen LogP contribution is -2.17. The number of amides is 3. The molecule has 3 amide bonds. The highest BCUT2D eigenvalue weighted by Gasteiger charge is 2.14. The summed E-state index contributed by atoms with van der Waals surface area (Å²) >= 11 is 0. The van der Waals surface area contributed by atoms with Crippen LogP contribution >= 0.6 is 0 Å². The average Bonchev–Trinajstić information content (AvgIpc) is 3.29. The van der Waals surface area contributed by atoms with Crippen LogP contribution in [0.3, 0.4) is 0 Å². The second kappa shape index (κ2) is 19.7. The normalized spacial score (nSPS) is 11.0. The van der Waals surface area contributed by atoms with E-state index in [9.17, 15) is 14.4 Å². The Bertz CT molecular complexity index is 2330. The number of ether oxygens (including phenoxy) is 3. The first-order valence-corrected chi connectivity index (χ1v) is 17.7. The molecule has 0 radical (unpaired) electrons. The van der Waals surface area contributed by atoms with E-state index in [1.165, 1.54) is 55.8 Å². The van der Waals surface area contributed by atoms with Crippen LogP contribution < -0.4 is 30.5 Å². The topological polar surface area (TPSA) is 229 Å². The highest BCUT2D eigenvalue weighted by Crippen LogP contribution is 2.27. The van der Waals surface area contributed by atoms with Crippen molar-refractivity contribution in [1.82, 2.24) is 46.2 Å². The Morgan fingerprint density at radius 3 is 0.883 bits per heavy atom. The fourth-order valence-corrected chi connectivity index (χ4v) is 4.84. The molecule has 18 heteroatoms. The molecule has 0 spiro atoms. The summed E-state index contributed by atoms with van der Waals surface area (Å²) in [6.07, 6.45) is 13.6. The van der Waals surface area contributed by atoms with Crippen molar-refractivity contribution >= 4 is 36.4 Å². The van der Waals surface area contributed by atoms with Gasteiger partial charge in [-0.2, -0.15) is 15.3 Å². The third kappa shape index (κ3) is 11.5. The SMILES string of the molecule is O=C(N/N=C/c1ccc(Oc2nc(Oc3ccc(/C=N/NC(=O)c4ccncc4)cc3)nc(Oc3ccc(/C=N/NC(=O)c4ccncc4)cc3)n2)cc1)c1ccncc1. The van der Waals surface area contributed by atoms with E-state index < -0.39 is 0 Å². The molecule has 0 bridgehead atoms. The maximum absolute atomic E-state index is 12.3. The van der Waals surface area contributed by atoms with E-state index >= 15 is 0 Å². The van der Waals surface area contributed by atoms with Crippen molar-refractivity contribution in [2.75, 3.05) is 0 Å². The molecule has 0 aliphatic carbocycles. The van der Waals surface area contributed by atoms with Crippen LogP contribution in [0.2, 0.25) is 0 Å². The Hall–Kier alpha value is -9.06. The van der Waals surface area contributed by atoms with Gasteiger partial charge in [-0.25, -0.2) is 16.3 Å². The number of benzene rings is 3. The summed E-state index contributed by atoms with van der Waals surface area (Å²) in [5.74, 6) is -0.0138. The molecule has 0 unspecified atom stereocenters. The smallest absolute Gasteiger partial charge is 0.331 e.